The number of H-pyrrole nitrogens is 1. The van der Waals surface area contributed by atoms with Crippen LogP contribution in [-0.2, 0) is 17.9 Å². The number of amides is 1. The van der Waals surface area contributed by atoms with Gasteiger partial charge < -0.3 is 14.6 Å². The molecule has 0 radical (unpaired) electrons. The number of nitrogens with zero attached hydrogens (tertiary/aromatic N) is 3. The number of para-hydroxylation sites is 1. The van der Waals surface area contributed by atoms with E-state index in [1.807, 2.05) is 43.5 Å². The first-order valence-electron chi connectivity index (χ1n) is 10.7. The Bertz CT molecular complexity index is 1410. The van der Waals surface area contributed by atoms with Gasteiger partial charge in [-0.2, -0.15) is 0 Å². The van der Waals surface area contributed by atoms with Gasteiger partial charge in [-0.05, 0) is 44.2 Å². The number of nitrogens with one attached hydrogen (secondary N) is 1. The first kappa shape index (κ1) is 23.7. The Balaban J connectivity index is 1.48. The second-order valence-corrected chi connectivity index (χ2v) is 9.04. The minimum absolute atomic E-state index is 0.165. The Hall–Kier alpha value is -3.49. The first-order valence-corrected chi connectivity index (χ1v) is 12.0. The van der Waals surface area contributed by atoms with Gasteiger partial charge in [0.25, 0.3) is 5.56 Å². The number of hydrogen-bond acceptors (Lipinski definition) is 6. The van der Waals surface area contributed by atoms with Gasteiger partial charge in [0.2, 0.25) is 5.91 Å². The van der Waals surface area contributed by atoms with E-state index in [9.17, 15) is 9.59 Å². The zero-order valence-corrected chi connectivity index (χ0v) is 20.3. The van der Waals surface area contributed by atoms with E-state index < -0.39 is 0 Å². The number of benzene rings is 2. The zero-order chi connectivity index (χ0) is 24.1. The van der Waals surface area contributed by atoms with Gasteiger partial charge in [0.05, 0.1) is 28.1 Å². The summed E-state index contributed by atoms with van der Waals surface area (Å²) >= 11 is 7.62. The number of aryl methyl sites for hydroxylation is 1. The van der Waals surface area contributed by atoms with Crippen LogP contribution in [0, 0.1) is 6.92 Å². The predicted molar refractivity (Wildman–Crippen MR) is 135 cm³/mol. The third kappa shape index (κ3) is 5.70. The predicted octanol–water partition coefficient (Wildman–Crippen LogP) is 4.98. The molecule has 9 heteroatoms. The number of hydrogen-bond donors (Lipinski definition) is 1. The van der Waals surface area contributed by atoms with E-state index in [0.717, 1.165) is 16.3 Å². The maximum absolute atomic E-state index is 12.9. The maximum atomic E-state index is 12.9. The normalized spacial score (nSPS) is 11.3. The monoisotopic (exact) mass is 494 g/mol. The molecule has 1 amide bonds. The van der Waals surface area contributed by atoms with Gasteiger partial charge in [0.1, 0.15) is 18.2 Å². The van der Waals surface area contributed by atoms with Crippen LogP contribution in [0.15, 0.2) is 58.7 Å². The number of ether oxygens (including phenoxy) is 1. The highest BCUT2D eigenvalue weighted by molar-refractivity contribution is 7.09. The Labute approximate surface area is 205 Å². The van der Waals surface area contributed by atoms with Crippen LogP contribution in [0.2, 0.25) is 5.02 Å². The van der Waals surface area contributed by atoms with Crippen molar-refractivity contribution in [2.24, 2.45) is 0 Å². The highest BCUT2D eigenvalue weighted by Gasteiger charge is 2.13. The molecular weight excluding hydrogens is 472 g/mol. The highest BCUT2D eigenvalue weighted by atomic mass is 35.5. The Morgan fingerprint density at radius 2 is 2.06 bits per heavy atom. The molecule has 4 rings (SSSR count). The standard InChI is InChI=1S/C25H23ClN4O3S/c1-3-30(13-23-28-21-12-18(26)9-10-20(21)25(32)29-23)24(31)11-8-17-6-4-5-7-22(17)33-14-19-15-34-16(2)27-19/h4-12,15H,3,13-14H2,1-2H3,(H,28,29,32)/b11-8+. The molecule has 0 aliphatic heterocycles. The van der Waals surface area contributed by atoms with Crippen molar-refractivity contribution in [1.82, 2.24) is 19.9 Å². The van der Waals surface area contributed by atoms with E-state index in [4.69, 9.17) is 16.3 Å². The fraction of sp³-hybridized carbons (Fsp3) is 0.200. The van der Waals surface area contributed by atoms with Crippen LogP contribution in [0.3, 0.4) is 0 Å². The number of aromatic amines is 1. The van der Waals surface area contributed by atoms with Crippen LogP contribution < -0.4 is 10.3 Å². The summed E-state index contributed by atoms with van der Waals surface area (Å²) in [6.45, 7) is 4.79. The molecule has 0 saturated carbocycles. The van der Waals surface area contributed by atoms with Crippen molar-refractivity contribution >= 4 is 45.8 Å². The number of likely N-dealkylation sites (N-methyl/N-ethyl adjacent to an activating group) is 1. The number of aromatic nitrogens is 3. The number of rotatable bonds is 8. The third-order valence-corrected chi connectivity index (χ3v) is 6.18. The molecule has 0 saturated heterocycles. The van der Waals surface area contributed by atoms with Crippen molar-refractivity contribution in [3.8, 4) is 5.75 Å². The summed E-state index contributed by atoms with van der Waals surface area (Å²) in [6, 6.07) is 12.4. The topological polar surface area (TPSA) is 88.2 Å². The summed E-state index contributed by atoms with van der Waals surface area (Å²) in [7, 11) is 0. The van der Waals surface area contributed by atoms with Crippen molar-refractivity contribution in [2.45, 2.75) is 27.0 Å². The van der Waals surface area contributed by atoms with Crippen LogP contribution in [0.4, 0.5) is 0 Å². The third-order valence-electron chi connectivity index (χ3n) is 5.12. The van der Waals surface area contributed by atoms with Gasteiger partial charge >= 0.3 is 0 Å². The van der Waals surface area contributed by atoms with E-state index in [2.05, 4.69) is 15.0 Å². The molecule has 0 spiro atoms. The lowest BCUT2D eigenvalue weighted by atomic mass is 10.2. The van der Waals surface area contributed by atoms with Crippen molar-refractivity contribution in [1.29, 1.82) is 0 Å². The minimum atomic E-state index is -0.267. The maximum Gasteiger partial charge on any atom is 0.258 e. The average molecular weight is 495 g/mol. The fourth-order valence-electron chi connectivity index (χ4n) is 3.40. The summed E-state index contributed by atoms with van der Waals surface area (Å²) in [6.07, 6.45) is 3.22. The molecule has 7 nitrogen and oxygen atoms in total. The number of carbonyl (C=O) groups is 1. The number of halogens is 1. The van der Waals surface area contributed by atoms with Crippen LogP contribution in [0.5, 0.6) is 5.75 Å². The second kappa shape index (κ2) is 10.6. The quantitative estimate of drug-likeness (QED) is 0.349. The molecule has 2 aromatic heterocycles. The molecule has 0 aliphatic carbocycles. The Morgan fingerprint density at radius 1 is 1.24 bits per heavy atom. The molecule has 0 unspecified atom stereocenters. The van der Waals surface area contributed by atoms with Gasteiger partial charge in [-0.25, -0.2) is 9.97 Å². The first-order chi connectivity index (χ1) is 16.4. The zero-order valence-electron chi connectivity index (χ0n) is 18.7. The summed E-state index contributed by atoms with van der Waals surface area (Å²) in [4.78, 5) is 38.5. The van der Waals surface area contributed by atoms with Crippen molar-refractivity contribution < 1.29 is 9.53 Å². The van der Waals surface area contributed by atoms with E-state index in [-0.39, 0.29) is 18.0 Å². The summed E-state index contributed by atoms with van der Waals surface area (Å²) < 4.78 is 5.92. The number of fused-ring (bicyclic) bond motifs is 1. The molecule has 174 valence electrons. The van der Waals surface area contributed by atoms with Crippen LogP contribution in [-0.4, -0.2) is 32.3 Å². The molecule has 4 aromatic rings. The smallest absolute Gasteiger partial charge is 0.258 e. The lowest BCUT2D eigenvalue weighted by Gasteiger charge is -2.18. The lowest BCUT2D eigenvalue weighted by molar-refractivity contribution is -0.126. The van der Waals surface area contributed by atoms with Crippen molar-refractivity contribution in [3.63, 3.8) is 0 Å². The average Bonchev–Trinajstić information content (AvgIpc) is 3.24. The summed E-state index contributed by atoms with van der Waals surface area (Å²) in [5.41, 5.74) is 1.88. The van der Waals surface area contributed by atoms with Gasteiger partial charge in [-0.3, -0.25) is 9.59 Å². The molecule has 2 aromatic carbocycles. The molecule has 1 N–H and O–H groups in total. The van der Waals surface area contributed by atoms with Gasteiger partial charge in [-0.15, -0.1) is 11.3 Å². The van der Waals surface area contributed by atoms with Crippen LogP contribution in [0.1, 0.15) is 29.0 Å². The molecule has 0 fully saturated rings. The fourth-order valence-corrected chi connectivity index (χ4v) is 4.17. The van der Waals surface area contributed by atoms with Gasteiger partial charge in [0.15, 0.2) is 0 Å². The number of thiazole rings is 1. The minimum Gasteiger partial charge on any atom is -0.487 e. The second-order valence-electron chi connectivity index (χ2n) is 7.54. The Morgan fingerprint density at radius 3 is 2.82 bits per heavy atom. The van der Waals surface area contributed by atoms with Crippen LogP contribution in [0.25, 0.3) is 17.0 Å². The molecule has 0 atom stereocenters. The van der Waals surface area contributed by atoms with E-state index >= 15 is 0 Å². The summed E-state index contributed by atoms with van der Waals surface area (Å²) in [5, 5.41) is 3.90. The van der Waals surface area contributed by atoms with Gasteiger partial charge in [0, 0.05) is 28.6 Å². The van der Waals surface area contributed by atoms with E-state index in [1.54, 1.807) is 40.5 Å². The van der Waals surface area contributed by atoms with Gasteiger partial charge in [-0.1, -0.05) is 29.8 Å². The van der Waals surface area contributed by atoms with Crippen LogP contribution >= 0.6 is 22.9 Å². The van der Waals surface area contributed by atoms with Crippen molar-refractivity contribution in [3.05, 3.63) is 91.4 Å². The molecule has 34 heavy (non-hydrogen) atoms. The van der Waals surface area contributed by atoms with E-state index in [0.29, 0.717) is 40.7 Å². The van der Waals surface area contributed by atoms with Crippen molar-refractivity contribution in [2.75, 3.05) is 6.54 Å². The summed E-state index contributed by atoms with van der Waals surface area (Å²) in [5.74, 6) is 0.851. The molecule has 0 bridgehead atoms. The molecule has 0 aliphatic rings. The number of carbonyl (C=O) groups excluding carboxylic acids is 1. The van der Waals surface area contributed by atoms with E-state index in [1.165, 1.54) is 6.08 Å². The molecule has 2 heterocycles. The largest absolute Gasteiger partial charge is 0.487 e. The Kier molecular flexibility index (Phi) is 7.40. The molecular formula is C25H23ClN4O3S. The lowest BCUT2D eigenvalue weighted by Crippen LogP contribution is -2.30. The highest BCUT2D eigenvalue weighted by Crippen LogP contribution is 2.21. The SMILES string of the molecule is CCN(Cc1nc2cc(Cl)ccc2c(=O)[nH]1)C(=O)/C=C/c1ccccc1OCc1csc(C)n1.